The summed E-state index contributed by atoms with van der Waals surface area (Å²) in [5.74, 6) is 0. The van der Waals surface area contributed by atoms with Gasteiger partial charge in [0.1, 0.15) is 0 Å². The molecule has 8 heteroatoms. The molecule has 0 spiro atoms. The highest BCUT2D eigenvalue weighted by molar-refractivity contribution is 8.16. The minimum absolute atomic E-state index is 0.447. The molecule has 1 aromatic heterocycles. The van der Waals surface area contributed by atoms with Crippen molar-refractivity contribution in [3.05, 3.63) is 27.3 Å². The third-order valence-corrected chi connectivity index (χ3v) is 5.82. The first-order valence-electron chi connectivity index (χ1n) is 6.25. The van der Waals surface area contributed by atoms with Crippen molar-refractivity contribution in [3.8, 4) is 0 Å². The van der Waals surface area contributed by atoms with Gasteiger partial charge in [-0.1, -0.05) is 11.8 Å². The molecule has 0 aliphatic carbocycles. The number of nitrogens with one attached hydrogen (secondary N) is 1. The van der Waals surface area contributed by atoms with Crippen LogP contribution in [-0.2, 0) is 16.4 Å². The Hall–Kier alpha value is -0.830. The van der Waals surface area contributed by atoms with Crippen LogP contribution in [0.25, 0.3) is 5.70 Å². The first-order valence-corrected chi connectivity index (χ1v) is 9.84. The summed E-state index contributed by atoms with van der Waals surface area (Å²) < 4.78 is 24.6. The Kier molecular flexibility index (Phi) is 3.89. The zero-order valence-corrected chi connectivity index (χ0v) is 13.4. The molecule has 0 amide bonds. The average Bonchev–Trinajstić information content (AvgIpc) is 3.00. The molecule has 1 N–H and O–H groups in total. The molecule has 0 fully saturated rings. The lowest BCUT2D eigenvalue weighted by Crippen LogP contribution is -2.24. The van der Waals surface area contributed by atoms with Gasteiger partial charge in [0, 0.05) is 23.4 Å². The summed E-state index contributed by atoms with van der Waals surface area (Å²) in [6.45, 7) is 2.27. The molecule has 0 atom stereocenters. The summed E-state index contributed by atoms with van der Waals surface area (Å²) in [7, 11) is -3.10. The monoisotopic (exact) mass is 329 g/mol. The first kappa shape index (κ1) is 14.1. The van der Waals surface area contributed by atoms with Gasteiger partial charge >= 0.3 is 0 Å². The van der Waals surface area contributed by atoms with Gasteiger partial charge in [-0.25, -0.2) is 13.1 Å². The number of thioether (sulfide) groups is 1. The molecule has 108 valence electrons. The van der Waals surface area contributed by atoms with Crippen molar-refractivity contribution in [2.24, 2.45) is 4.99 Å². The van der Waals surface area contributed by atoms with E-state index in [1.807, 2.05) is 0 Å². The second-order valence-corrected chi connectivity index (χ2v) is 8.46. The maximum Gasteiger partial charge on any atom is 0.208 e. The summed E-state index contributed by atoms with van der Waals surface area (Å²) >= 11 is 3.39. The fraction of sp³-hybridized carbons (Fsp3) is 0.417. The highest BCUT2D eigenvalue weighted by atomic mass is 32.2. The van der Waals surface area contributed by atoms with Crippen LogP contribution >= 0.6 is 23.1 Å². The van der Waals surface area contributed by atoms with Gasteiger partial charge in [-0.05, 0) is 18.6 Å². The van der Waals surface area contributed by atoms with E-state index in [1.165, 1.54) is 21.7 Å². The molecule has 0 saturated heterocycles. The van der Waals surface area contributed by atoms with Crippen molar-refractivity contribution < 1.29 is 8.42 Å². The molecule has 1 aromatic rings. The van der Waals surface area contributed by atoms with Crippen LogP contribution in [0.2, 0.25) is 0 Å². The Morgan fingerprint density at radius 3 is 3.10 bits per heavy atom. The van der Waals surface area contributed by atoms with Gasteiger partial charge in [0.2, 0.25) is 10.0 Å². The van der Waals surface area contributed by atoms with Crippen LogP contribution in [0.3, 0.4) is 0 Å². The molecule has 3 heterocycles. The summed E-state index contributed by atoms with van der Waals surface area (Å²) in [5, 5.41) is 3.23. The number of fused-ring (bicyclic) bond motifs is 1. The molecule has 0 unspecified atom stereocenters. The Balaban J connectivity index is 1.64. The van der Waals surface area contributed by atoms with Crippen molar-refractivity contribution in [1.29, 1.82) is 0 Å². The van der Waals surface area contributed by atoms with Crippen LogP contribution < -0.4 is 4.72 Å². The standard InChI is InChI=1S/C12H15N3O2S3/c1-20(16,17)14-5-4-9-2-3-11(19-9)10-8-18-12-13-6-7-15(10)12/h2-3,8,14H,4-7H2,1H3. The van der Waals surface area contributed by atoms with Crippen molar-refractivity contribution in [2.75, 3.05) is 25.9 Å². The molecule has 2 aliphatic heterocycles. The summed E-state index contributed by atoms with van der Waals surface area (Å²) in [6, 6.07) is 4.18. The van der Waals surface area contributed by atoms with E-state index in [9.17, 15) is 8.42 Å². The van der Waals surface area contributed by atoms with Crippen LogP contribution in [0.15, 0.2) is 22.5 Å². The molecule has 3 rings (SSSR count). The maximum absolute atomic E-state index is 11.0. The molecule has 0 bridgehead atoms. The van der Waals surface area contributed by atoms with Crippen LogP contribution in [-0.4, -0.2) is 44.4 Å². The molecular weight excluding hydrogens is 314 g/mol. The fourth-order valence-corrected chi connectivity index (χ4v) is 4.66. The minimum Gasteiger partial charge on any atom is -0.317 e. The van der Waals surface area contributed by atoms with E-state index < -0.39 is 10.0 Å². The highest BCUT2D eigenvalue weighted by Gasteiger charge is 2.27. The van der Waals surface area contributed by atoms with Crippen LogP contribution in [0, 0.1) is 0 Å². The zero-order chi connectivity index (χ0) is 14.2. The smallest absolute Gasteiger partial charge is 0.208 e. The number of hydrogen-bond acceptors (Lipinski definition) is 6. The van der Waals surface area contributed by atoms with Gasteiger partial charge in [-0.15, -0.1) is 11.3 Å². The Morgan fingerprint density at radius 2 is 2.30 bits per heavy atom. The van der Waals surface area contributed by atoms with Gasteiger partial charge in [0.25, 0.3) is 0 Å². The third kappa shape index (κ3) is 3.08. The lowest BCUT2D eigenvalue weighted by atomic mass is 10.3. The lowest BCUT2D eigenvalue weighted by Gasteiger charge is -2.14. The van der Waals surface area contributed by atoms with Crippen molar-refractivity contribution in [3.63, 3.8) is 0 Å². The zero-order valence-electron chi connectivity index (χ0n) is 11.0. The predicted molar refractivity (Wildman–Crippen MR) is 85.4 cm³/mol. The molecule has 0 radical (unpaired) electrons. The minimum atomic E-state index is -3.10. The van der Waals surface area contributed by atoms with E-state index in [0.29, 0.717) is 6.54 Å². The van der Waals surface area contributed by atoms with Gasteiger partial charge < -0.3 is 4.90 Å². The van der Waals surface area contributed by atoms with E-state index in [0.717, 1.165) is 24.7 Å². The second-order valence-electron chi connectivity index (χ2n) is 4.62. The Morgan fingerprint density at radius 1 is 1.45 bits per heavy atom. The number of amidine groups is 1. The number of hydrogen-bond donors (Lipinski definition) is 1. The SMILES string of the molecule is CS(=O)(=O)NCCc1ccc(C2=CSC3=NCCN23)s1. The van der Waals surface area contributed by atoms with Gasteiger partial charge in [-0.3, -0.25) is 4.99 Å². The molecule has 2 aliphatic rings. The number of sulfonamides is 1. The number of nitrogens with zero attached hydrogens (tertiary/aromatic N) is 2. The Bertz CT molecular complexity index is 676. The fourth-order valence-electron chi connectivity index (χ4n) is 2.12. The highest BCUT2D eigenvalue weighted by Crippen LogP contribution is 2.37. The summed E-state index contributed by atoms with van der Waals surface area (Å²) in [5.41, 5.74) is 1.22. The molecule has 0 aromatic carbocycles. The number of rotatable bonds is 5. The number of thiophene rings is 1. The van der Waals surface area contributed by atoms with E-state index in [-0.39, 0.29) is 0 Å². The average molecular weight is 329 g/mol. The van der Waals surface area contributed by atoms with E-state index in [1.54, 1.807) is 23.1 Å². The van der Waals surface area contributed by atoms with Crippen molar-refractivity contribution in [2.45, 2.75) is 6.42 Å². The third-order valence-electron chi connectivity index (χ3n) is 3.02. The first-order chi connectivity index (χ1) is 9.53. The topological polar surface area (TPSA) is 61.8 Å². The molecule has 20 heavy (non-hydrogen) atoms. The van der Waals surface area contributed by atoms with Gasteiger partial charge in [0.05, 0.1) is 23.4 Å². The van der Waals surface area contributed by atoms with Crippen LogP contribution in [0.4, 0.5) is 0 Å². The quantitative estimate of drug-likeness (QED) is 0.890. The molecule has 0 saturated carbocycles. The maximum atomic E-state index is 11.0. The van der Waals surface area contributed by atoms with E-state index in [4.69, 9.17) is 0 Å². The van der Waals surface area contributed by atoms with Crippen molar-refractivity contribution in [1.82, 2.24) is 9.62 Å². The summed E-state index contributed by atoms with van der Waals surface area (Å²) in [4.78, 5) is 9.09. The Labute approximate surface area is 126 Å². The largest absolute Gasteiger partial charge is 0.317 e. The van der Waals surface area contributed by atoms with Crippen LogP contribution in [0.5, 0.6) is 0 Å². The van der Waals surface area contributed by atoms with Crippen molar-refractivity contribution >= 4 is 44.0 Å². The van der Waals surface area contributed by atoms with Gasteiger partial charge in [-0.2, -0.15) is 0 Å². The van der Waals surface area contributed by atoms with Gasteiger partial charge in [0.15, 0.2) is 5.17 Å². The molecular formula is C12H15N3O2S3. The molecule has 5 nitrogen and oxygen atoms in total. The lowest BCUT2D eigenvalue weighted by molar-refractivity contribution is 0.588. The number of aliphatic imine (C=N–C) groups is 1. The second kappa shape index (κ2) is 5.51. The van der Waals surface area contributed by atoms with E-state index >= 15 is 0 Å². The predicted octanol–water partition coefficient (Wildman–Crippen LogP) is 1.56. The van der Waals surface area contributed by atoms with E-state index in [2.05, 4.69) is 32.2 Å². The summed E-state index contributed by atoms with van der Waals surface area (Å²) in [6.07, 6.45) is 1.90. The van der Waals surface area contributed by atoms with Crippen LogP contribution in [0.1, 0.15) is 9.75 Å². The normalized spacial score (nSPS) is 18.1.